The number of hydrogen-bond donors (Lipinski definition) is 1. The Morgan fingerprint density at radius 3 is 2.55 bits per heavy atom. The Kier molecular flexibility index (Phi) is 6.62. The molecule has 1 aromatic rings. The van der Waals surface area contributed by atoms with Crippen molar-refractivity contribution < 1.29 is 1.43 Å². The molecule has 0 radical (unpaired) electrons. The second-order valence-electron chi connectivity index (χ2n) is 2.15. The van der Waals surface area contributed by atoms with Crippen molar-refractivity contribution in [1.29, 1.82) is 0 Å². The fraction of sp³-hybridized carbons (Fsp3) is 0.714. The van der Waals surface area contributed by atoms with Gasteiger partial charge in [-0.05, 0) is 0 Å². The molecule has 66 valence electrons. The maximum Gasteiger partial charge on any atom is 0.137 e. The minimum atomic E-state index is 0. The summed E-state index contributed by atoms with van der Waals surface area (Å²) in [6.45, 7) is 5.61. The lowest BCUT2D eigenvalue weighted by molar-refractivity contribution is 0.623. The van der Waals surface area contributed by atoms with Gasteiger partial charge in [-0.15, -0.1) is 0 Å². The summed E-state index contributed by atoms with van der Waals surface area (Å²) in [5.74, 6) is 0. The first-order valence-electron chi connectivity index (χ1n) is 3.87. The summed E-state index contributed by atoms with van der Waals surface area (Å²) in [6, 6.07) is 0. The van der Waals surface area contributed by atoms with Crippen LogP contribution in [0.4, 0.5) is 0 Å². The summed E-state index contributed by atoms with van der Waals surface area (Å²) in [5.41, 5.74) is 5.23. The Balaban J connectivity index is 0. The molecule has 0 aliphatic carbocycles. The van der Waals surface area contributed by atoms with Crippen LogP contribution < -0.4 is 5.73 Å². The molecule has 1 aromatic heterocycles. The van der Waals surface area contributed by atoms with Gasteiger partial charge in [-0.1, -0.05) is 20.3 Å². The number of nitrogens with zero attached hydrogens (tertiary/aromatic N) is 3. The highest BCUT2D eigenvalue weighted by Crippen LogP contribution is 1.74. The SMILES string of the molecule is CCC.NCCn1cncn1.[HH]. The summed E-state index contributed by atoms with van der Waals surface area (Å²) < 4.78 is 1.69. The minimum Gasteiger partial charge on any atom is -0.329 e. The van der Waals surface area contributed by atoms with Gasteiger partial charge in [-0.3, -0.25) is 4.68 Å². The minimum absolute atomic E-state index is 0. The first kappa shape index (κ1) is 10.1. The third kappa shape index (κ3) is 5.54. The van der Waals surface area contributed by atoms with E-state index in [1.165, 1.54) is 12.7 Å². The molecule has 0 saturated carbocycles. The van der Waals surface area contributed by atoms with Gasteiger partial charge in [0, 0.05) is 7.97 Å². The average molecular weight is 158 g/mol. The van der Waals surface area contributed by atoms with Crippen LogP contribution in [-0.2, 0) is 6.54 Å². The van der Waals surface area contributed by atoms with E-state index in [4.69, 9.17) is 5.73 Å². The van der Waals surface area contributed by atoms with Gasteiger partial charge in [0.1, 0.15) is 12.7 Å². The predicted molar refractivity (Wildman–Crippen MR) is 47.2 cm³/mol. The maximum atomic E-state index is 5.23. The number of nitrogens with two attached hydrogens (primary N) is 1. The van der Waals surface area contributed by atoms with Crippen LogP contribution in [0, 0.1) is 0 Å². The van der Waals surface area contributed by atoms with Crippen molar-refractivity contribution in [2.45, 2.75) is 26.8 Å². The van der Waals surface area contributed by atoms with E-state index in [0.717, 1.165) is 6.54 Å². The van der Waals surface area contributed by atoms with Crippen LogP contribution in [0.25, 0.3) is 0 Å². The second-order valence-corrected chi connectivity index (χ2v) is 2.15. The van der Waals surface area contributed by atoms with Gasteiger partial charge in [0.05, 0.1) is 6.54 Å². The molecule has 0 amide bonds. The van der Waals surface area contributed by atoms with Crippen LogP contribution in [0.1, 0.15) is 21.7 Å². The van der Waals surface area contributed by atoms with Crippen LogP contribution in [0.15, 0.2) is 12.7 Å². The Hall–Kier alpha value is -0.900. The standard InChI is InChI=1S/C4H8N4.C3H8.H2/c5-1-2-8-4-6-3-7-8;1-3-2;/h3-4H,1-2,5H2;3H2,1-2H3;1H. The third-order valence-corrected chi connectivity index (χ3v) is 0.825. The fourth-order valence-corrected chi connectivity index (χ4v) is 0.480. The highest BCUT2D eigenvalue weighted by molar-refractivity contribution is 4.54. The molecule has 1 heterocycles. The van der Waals surface area contributed by atoms with Crippen LogP contribution in [-0.4, -0.2) is 21.3 Å². The van der Waals surface area contributed by atoms with Gasteiger partial charge in [-0.2, -0.15) is 5.10 Å². The van der Waals surface area contributed by atoms with Crippen molar-refractivity contribution in [3.8, 4) is 0 Å². The quantitative estimate of drug-likeness (QED) is 0.695. The van der Waals surface area contributed by atoms with E-state index >= 15 is 0 Å². The van der Waals surface area contributed by atoms with Crippen molar-refractivity contribution in [3.05, 3.63) is 12.7 Å². The molecule has 0 aliphatic rings. The number of rotatable bonds is 2. The summed E-state index contributed by atoms with van der Waals surface area (Å²) >= 11 is 0. The highest BCUT2D eigenvalue weighted by Gasteiger charge is 1.83. The molecule has 0 atom stereocenters. The van der Waals surface area contributed by atoms with Crippen molar-refractivity contribution in [2.75, 3.05) is 6.54 Å². The highest BCUT2D eigenvalue weighted by atomic mass is 15.3. The zero-order valence-electron chi connectivity index (χ0n) is 7.20. The van der Waals surface area contributed by atoms with Crippen LogP contribution in [0.5, 0.6) is 0 Å². The fourth-order valence-electron chi connectivity index (χ4n) is 0.480. The number of aromatic nitrogens is 3. The molecule has 4 nitrogen and oxygen atoms in total. The van der Waals surface area contributed by atoms with E-state index in [-0.39, 0.29) is 1.43 Å². The zero-order valence-corrected chi connectivity index (χ0v) is 7.20. The molecule has 2 N–H and O–H groups in total. The van der Waals surface area contributed by atoms with Crippen LogP contribution in [0.3, 0.4) is 0 Å². The maximum absolute atomic E-state index is 5.23. The molecule has 0 bridgehead atoms. The Labute approximate surface area is 68.9 Å². The smallest absolute Gasteiger partial charge is 0.137 e. The van der Waals surface area contributed by atoms with Crippen molar-refractivity contribution in [2.24, 2.45) is 5.73 Å². The molecule has 1 rings (SSSR count). The summed E-state index contributed by atoms with van der Waals surface area (Å²) in [4.78, 5) is 3.74. The summed E-state index contributed by atoms with van der Waals surface area (Å²) in [7, 11) is 0. The van der Waals surface area contributed by atoms with Crippen molar-refractivity contribution in [1.82, 2.24) is 14.8 Å². The molecule has 0 spiro atoms. The number of hydrogen-bond acceptors (Lipinski definition) is 3. The van der Waals surface area contributed by atoms with Crippen molar-refractivity contribution >= 4 is 0 Å². The lowest BCUT2D eigenvalue weighted by atomic mass is 10.6. The largest absolute Gasteiger partial charge is 0.329 e. The molecule has 11 heavy (non-hydrogen) atoms. The first-order valence-corrected chi connectivity index (χ1v) is 3.87. The third-order valence-electron chi connectivity index (χ3n) is 0.825. The van der Waals surface area contributed by atoms with E-state index in [9.17, 15) is 0 Å². The van der Waals surface area contributed by atoms with Crippen molar-refractivity contribution in [3.63, 3.8) is 0 Å². The lowest BCUT2D eigenvalue weighted by Gasteiger charge is -1.91. The predicted octanol–water partition coefficient (Wildman–Crippen LogP) is 0.899. The molecule has 4 heteroatoms. The van der Waals surface area contributed by atoms with Crippen LogP contribution >= 0.6 is 0 Å². The van der Waals surface area contributed by atoms with Gasteiger partial charge in [0.2, 0.25) is 0 Å². The van der Waals surface area contributed by atoms with E-state index < -0.39 is 0 Å². The normalized spacial score (nSPS) is 8.64. The van der Waals surface area contributed by atoms with E-state index in [1.807, 2.05) is 0 Å². The van der Waals surface area contributed by atoms with E-state index in [2.05, 4.69) is 23.9 Å². The molecule has 0 fully saturated rings. The molecule has 0 aliphatic heterocycles. The monoisotopic (exact) mass is 158 g/mol. The van der Waals surface area contributed by atoms with E-state index in [1.54, 1.807) is 11.0 Å². The Morgan fingerprint density at radius 1 is 1.55 bits per heavy atom. The van der Waals surface area contributed by atoms with Gasteiger partial charge < -0.3 is 5.73 Å². The molecule has 0 saturated heterocycles. The van der Waals surface area contributed by atoms with Gasteiger partial charge in [0.25, 0.3) is 0 Å². The Bertz CT molecular complexity index is 152. The summed E-state index contributed by atoms with van der Waals surface area (Å²) in [5, 5.41) is 3.83. The average Bonchev–Trinajstić information content (AvgIpc) is 2.42. The first-order chi connectivity index (χ1) is 5.35. The van der Waals surface area contributed by atoms with Gasteiger partial charge in [0.15, 0.2) is 0 Å². The molecular formula is C7H18N4. The van der Waals surface area contributed by atoms with E-state index in [0.29, 0.717) is 6.54 Å². The molecular weight excluding hydrogens is 140 g/mol. The zero-order chi connectivity index (χ0) is 8.53. The second kappa shape index (κ2) is 7.21. The molecule has 0 aromatic carbocycles. The summed E-state index contributed by atoms with van der Waals surface area (Å²) in [6.07, 6.45) is 4.39. The lowest BCUT2D eigenvalue weighted by Crippen LogP contribution is -2.09. The molecule has 0 unspecified atom stereocenters. The Morgan fingerprint density at radius 2 is 2.18 bits per heavy atom. The van der Waals surface area contributed by atoms with Gasteiger partial charge >= 0.3 is 0 Å². The topological polar surface area (TPSA) is 56.7 Å². The van der Waals surface area contributed by atoms with Crippen LogP contribution in [0.2, 0.25) is 0 Å². The van der Waals surface area contributed by atoms with Gasteiger partial charge in [-0.25, -0.2) is 4.98 Å².